The molecule has 5 nitrogen and oxygen atoms in total. The van der Waals surface area contributed by atoms with Crippen LogP contribution in [-0.2, 0) is 14.3 Å². The van der Waals surface area contributed by atoms with Crippen LogP contribution in [0.5, 0.6) is 0 Å². The molecule has 0 aromatic heterocycles. The Morgan fingerprint density at radius 2 is 1.88 bits per heavy atom. The van der Waals surface area contributed by atoms with E-state index in [2.05, 4.69) is 24.4 Å². The molecule has 1 N–H and O–H groups in total. The third kappa shape index (κ3) is 5.56. The molecule has 1 saturated heterocycles. The largest absolute Gasteiger partial charge is 0.369 e. The highest BCUT2D eigenvalue weighted by Gasteiger charge is 2.36. The SMILES string of the molecule is CC(=O)NCCCCCC(=O)N1C(C)COC(c2ccccc2)C1C. The van der Waals surface area contributed by atoms with Crippen LogP contribution in [0.1, 0.15) is 58.1 Å². The highest BCUT2D eigenvalue weighted by Crippen LogP contribution is 2.31. The summed E-state index contributed by atoms with van der Waals surface area (Å²) in [4.78, 5) is 25.6. The first-order valence-corrected chi connectivity index (χ1v) is 9.23. The molecule has 2 rings (SSSR count). The molecule has 5 heteroatoms. The van der Waals surface area contributed by atoms with Crippen LogP contribution in [0.3, 0.4) is 0 Å². The molecule has 1 aromatic carbocycles. The van der Waals surface area contributed by atoms with Gasteiger partial charge in [-0.1, -0.05) is 36.8 Å². The summed E-state index contributed by atoms with van der Waals surface area (Å²) < 4.78 is 6.01. The molecule has 0 radical (unpaired) electrons. The van der Waals surface area contributed by atoms with Crippen molar-refractivity contribution in [2.45, 2.75) is 64.6 Å². The van der Waals surface area contributed by atoms with Gasteiger partial charge >= 0.3 is 0 Å². The van der Waals surface area contributed by atoms with Crippen LogP contribution >= 0.6 is 0 Å². The van der Waals surface area contributed by atoms with Gasteiger partial charge in [-0.25, -0.2) is 0 Å². The Hall–Kier alpha value is -1.88. The predicted molar refractivity (Wildman–Crippen MR) is 98.1 cm³/mol. The van der Waals surface area contributed by atoms with Crippen molar-refractivity contribution in [1.29, 1.82) is 0 Å². The molecule has 1 heterocycles. The molecule has 1 fully saturated rings. The van der Waals surface area contributed by atoms with E-state index in [0.29, 0.717) is 19.6 Å². The number of carbonyl (C=O) groups is 2. The lowest BCUT2D eigenvalue weighted by Crippen LogP contribution is -2.53. The third-order valence-corrected chi connectivity index (χ3v) is 4.73. The van der Waals surface area contributed by atoms with E-state index in [1.807, 2.05) is 30.0 Å². The van der Waals surface area contributed by atoms with Gasteiger partial charge in [0.05, 0.1) is 18.7 Å². The molecule has 1 aliphatic rings. The van der Waals surface area contributed by atoms with Gasteiger partial charge in [0.1, 0.15) is 6.10 Å². The Kier molecular flexibility index (Phi) is 7.44. The second-order valence-electron chi connectivity index (χ2n) is 6.85. The number of unbranched alkanes of at least 4 members (excludes halogenated alkanes) is 2. The van der Waals surface area contributed by atoms with Gasteiger partial charge in [-0.3, -0.25) is 9.59 Å². The number of rotatable bonds is 7. The monoisotopic (exact) mass is 346 g/mol. The van der Waals surface area contributed by atoms with Crippen molar-refractivity contribution >= 4 is 11.8 Å². The average Bonchev–Trinajstić information content (AvgIpc) is 2.58. The van der Waals surface area contributed by atoms with E-state index in [1.165, 1.54) is 6.92 Å². The first kappa shape index (κ1) is 19.4. The van der Waals surface area contributed by atoms with Gasteiger partial charge in [0.2, 0.25) is 11.8 Å². The van der Waals surface area contributed by atoms with Gasteiger partial charge in [-0.15, -0.1) is 0 Å². The number of benzene rings is 1. The third-order valence-electron chi connectivity index (χ3n) is 4.73. The van der Waals surface area contributed by atoms with Crippen LogP contribution in [0.2, 0.25) is 0 Å². The standard InChI is InChI=1S/C20H30N2O3/c1-15-14-25-20(18-10-6-4-7-11-18)16(2)22(15)19(24)12-8-5-9-13-21-17(3)23/h4,6-7,10-11,15-16,20H,5,8-9,12-14H2,1-3H3,(H,21,23). The lowest BCUT2D eigenvalue weighted by molar-refractivity contribution is -0.153. The molecule has 25 heavy (non-hydrogen) atoms. The van der Waals surface area contributed by atoms with Gasteiger partial charge in [0.15, 0.2) is 0 Å². The highest BCUT2D eigenvalue weighted by atomic mass is 16.5. The summed E-state index contributed by atoms with van der Waals surface area (Å²) in [5.41, 5.74) is 1.12. The Bertz CT molecular complexity index is 561. The lowest BCUT2D eigenvalue weighted by atomic mass is 9.98. The quantitative estimate of drug-likeness (QED) is 0.772. The Morgan fingerprint density at radius 1 is 1.16 bits per heavy atom. The molecular weight excluding hydrogens is 316 g/mol. The van der Waals surface area contributed by atoms with Crippen LogP contribution in [0.4, 0.5) is 0 Å². The van der Waals surface area contributed by atoms with Crippen molar-refractivity contribution in [2.24, 2.45) is 0 Å². The molecule has 0 aliphatic carbocycles. The first-order valence-electron chi connectivity index (χ1n) is 9.23. The van der Waals surface area contributed by atoms with E-state index in [4.69, 9.17) is 4.74 Å². The van der Waals surface area contributed by atoms with E-state index in [1.54, 1.807) is 0 Å². The van der Waals surface area contributed by atoms with E-state index < -0.39 is 0 Å². The van der Waals surface area contributed by atoms with Crippen LogP contribution in [-0.4, -0.2) is 41.9 Å². The Labute approximate surface area is 150 Å². The number of ether oxygens (including phenoxy) is 1. The molecule has 0 spiro atoms. The van der Waals surface area contributed by atoms with Gasteiger partial charge in [0, 0.05) is 19.9 Å². The summed E-state index contributed by atoms with van der Waals surface area (Å²) in [7, 11) is 0. The maximum Gasteiger partial charge on any atom is 0.223 e. The second-order valence-corrected chi connectivity index (χ2v) is 6.85. The summed E-state index contributed by atoms with van der Waals surface area (Å²) in [6, 6.07) is 10.2. The Balaban J connectivity index is 1.85. The van der Waals surface area contributed by atoms with Crippen molar-refractivity contribution in [3.8, 4) is 0 Å². The van der Waals surface area contributed by atoms with Gasteiger partial charge in [-0.05, 0) is 32.3 Å². The summed E-state index contributed by atoms with van der Waals surface area (Å²) in [6.45, 7) is 6.89. The number of nitrogens with zero attached hydrogens (tertiary/aromatic N) is 1. The van der Waals surface area contributed by atoms with Crippen molar-refractivity contribution in [3.63, 3.8) is 0 Å². The van der Waals surface area contributed by atoms with Crippen molar-refractivity contribution in [2.75, 3.05) is 13.2 Å². The fourth-order valence-corrected chi connectivity index (χ4v) is 3.47. The number of nitrogens with one attached hydrogen (secondary N) is 1. The van der Waals surface area contributed by atoms with Crippen LogP contribution in [0.15, 0.2) is 30.3 Å². The van der Waals surface area contributed by atoms with E-state index in [-0.39, 0.29) is 30.0 Å². The fraction of sp³-hybridized carbons (Fsp3) is 0.600. The molecule has 3 atom stereocenters. The lowest BCUT2D eigenvalue weighted by Gasteiger charge is -2.44. The molecular formula is C20H30N2O3. The minimum atomic E-state index is -0.0684. The smallest absolute Gasteiger partial charge is 0.223 e. The molecule has 1 aromatic rings. The molecule has 138 valence electrons. The predicted octanol–water partition coefficient (Wildman–Crippen LogP) is 3.06. The fourth-order valence-electron chi connectivity index (χ4n) is 3.47. The minimum Gasteiger partial charge on any atom is -0.369 e. The number of morpholine rings is 1. The van der Waals surface area contributed by atoms with Gasteiger partial charge in [-0.2, -0.15) is 0 Å². The number of amides is 2. The van der Waals surface area contributed by atoms with Crippen molar-refractivity contribution in [1.82, 2.24) is 10.2 Å². The number of hydrogen-bond donors (Lipinski definition) is 1. The second kappa shape index (κ2) is 9.56. The zero-order valence-corrected chi connectivity index (χ0v) is 15.5. The zero-order chi connectivity index (χ0) is 18.2. The van der Waals surface area contributed by atoms with Crippen molar-refractivity contribution in [3.05, 3.63) is 35.9 Å². The molecule has 1 aliphatic heterocycles. The molecule has 0 bridgehead atoms. The zero-order valence-electron chi connectivity index (χ0n) is 15.5. The maximum absolute atomic E-state index is 12.7. The molecule has 3 unspecified atom stereocenters. The summed E-state index contributed by atoms with van der Waals surface area (Å²) in [6.07, 6.45) is 3.19. The van der Waals surface area contributed by atoms with Crippen LogP contribution < -0.4 is 5.32 Å². The normalized spacial score (nSPS) is 23.3. The first-order chi connectivity index (χ1) is 12.0. The maximum atomic E-state index is 12.7. The summed E-state index contributed by atoms with van der Waals surface area (Å²) >= 11 is 0. The van der Waals surface area contributed by atoms with Crippen molar-refractivity contribution < 1.29 is 14.3 Å². The number of hydrogen-bond acceptors (Lipinski definition) is 3. The van der Waals surface area contributed by atoms with Gasteiger partial charge in [0.25, 0.3) is 0 Å². The van der Waals surface area contributed by atoms with Gasteiger partial charge < -0.3 is 15.0 Å². The van der Waals surface area contributed by atoms with E-state index in [9.17, 15) is 9.59 Å². The van der Waals surface area contributed by atoms with Crippen LogP contribution in [0.25, 0.3) is 0 Å². The summed E-state index contributed by atoms with van der Waals surface area (Å²) in [5.74, 6) is 0.197. The van der Waals surface area contributed by atoms with Crippen LogP contribution in [0, 0.1) is 0 Å². The minimum absolute atomic E-state index is 0.000929. The molecule has 2 amide bonds. The summed E-state index contributed by atoms with van der Waals surface area (Å²) in [5, 5.41) is 2.78. The van der Waals surface area contributed by atoms with E-state index >= 15 is 0 Å². The average molecular weight is 346 g/mol. The van der Waals surface area contributed by atoms with E-state index in [0.717, 1.165) is 24.8 Å². The Morgan fingerprint density at radius 3 is 2.56 bits per heavy atom. The topological polar surface area (TPSA) is 58.6 Å². The highest BCUT2D eigenvalue weighted by molar-refractivity contribution is 5.77. The molecule has 0 saturated carbocycles. The number of carbonyl (C=O) groups excluding carboxylic acids is 2.